The van der Waals surface area contributed by atoms with Crippen LogP contribution in [0.15, 0.2) is 12.3 Å². The molecular weight excluding hydrogens is 338 g/mol. The number of carbonyl (C=O) groups excluding carboxylic acids is 1. The van der Waals surface area contributed by atoms with Gasteiger partial charge in [-0.2, -0.15) is 13.2 Å². The lowest BCUT2D eigenvalue weighted by atomic mass is 10.2. The molecule has 0 spiro atoms. The van der Waals surface area contributed by atoms with Gasteiger partial charge in [0.1, 0.15) is 0 Å². The van der Waals surface area contributed by atoms with Crippen molar-refractivity contribution in [1.29, 1.82) is 0 Å². The number of hydrogen-bond donors (Lipinski definition) is 0. The summed E-state index contributed by atoms with van der Waals surface area (Å²) in [5, 5.41) is 0. The fraction of sp³-hybridized carbons (Fsp3) is 0.333. The molecule has 0 bridgehead atoms. The van der Waals surface area contributed by atoms with Crippen LogP contribution < -0.4 is 0 Å². The molecule has 1 aromatic rings. The second-order valence-corrected chi connectivity index (χ2v) is 3.82. The maximum atomic E-state index is 12.5. The number of nitrogens with zero attached hydrogens (tertiary/aromatic N) is 1. The Morgan fingerprint density at radius 1 is 1.56 bits per heavy atom. The number of hydrogen-bond acceptors (Lipinski definition) is 3. The molecule has 0 aliphatic carbocycles. The molecule has 1 heterocycles. The first-order valence-corrected chi connectivity index (χ1v) is 5.34. The number of alkyl halides is 3. The van der Waals surface area contributed by atoms with Gasteiger partial charge in [-0.3, -0.25) is 4.98 Å². The summed E-state index contributed by atoms with van der Waals surface area (Å²) in [6.07, 6.45) is -3.63. The van der Waals surface area contributed by atoms with Crippen molar-refractivity contribution in [2.45, 2.75) is 13.1 Å². The maximum absolute atomic E-state index is 12.5. The minimum atomic E-state index is -4.57. The average Bonchev–Trinajstić information content (AvgIpc) is 2.16. The largest absolute Gasteiger partial charge is 0.462 e. The van der Waals surface area contributed by atoms with E-state index in [9.17, 15) is 18.0 Å². The minimum absolute atomic E-state index is 0.110. The molecule has 0 unspecified atom stereocenters. The van der Waals surface area contributed by atoms with Gasteiger partial charge in [0.05, 0.1) is 15.7 Å². The average molecular weight is 345 g/mol. The summed E-state index contributed by atoms with van der Waals surface area (Å²) in [7, 11) is 0. The monoisotopic (exact) mass is 345 g/mol. The van der Waals surface area contributed by atoms with Crippen LogP contribution in [-0.2, 0) is 10.9 Å². The molecule has 0 amide bonds. The standard InChI is InChI=1S/C9H7F3INO2/c1-2-16-8(15)5-3-4-14-7(6(5)13)9(10,11)12/h3-4H,2H2,1H3. The van der Waals surface area contributed by atoms with Gasteiger partial charge in [0.2, 0.25) is 0 Å². The first-order chi connectivity index (χ1) is 7.38. The van der Waals surface area contributed by atoms with E-state index in [0.29, 0.717) is 0 Å². The molecule has 0 saturated heterocycles. The van der Waals surface area contributed by atoms with Crippen LogP contribution in [0.1, 0.15) is 23.0 Å². The Kier molecular flexibility index (Phi) is 4.11. The normalized spacial score (nSPS) is 11.3. The van der Waals surface area contributed by atoms with Crippen molar-refractivity contribution in [3.05, 3.63) is 27.1 Å². The van der Waals surface area contributed by atoms with E-state index in [-0.39, 0.29) is 15.7 Å². The molecule has 1 aromatic heterocycles. The number of aromatic nitrogens is 1. The second kappa shape index (κ2) is 4.98. The molecule has 0 atom stereocenters. The van der Waals surface area contributed by atoms with E-state index in [1.54, 1.807) is 6.92 Å². The third-order valence-corrected chi connectivity index (χ3v) is 2.75. The van der Waals surface area contributed by atoms with E-state index in [4.69, 9.17) is 0 Å². The Morgan fingerprint density at radius 2 is 2.19 bits per heavy atom. The van der Waals surface area contributed by atoms with Crippen molar-refractivity contribution in [1.82, 2.24) is 4.98 Å². The van der Waals surface area contributed by atoms with Crippen LogP contribution >= 0.6 is 22.6 Å². The number of rotatable bonds is 2. The van der Waals surface area contributed by atoms with Crippen molar-refractivity contribution in [3.8, 4) is 0 Å². The van der Waals surface area contributed by atoms with Crippen LogP contribution in [0, 0.1) is 3.57 Å². The van der Waals surface area contributed by atoms with E-state index in [0.717, 1.165) is 6.20 Å². The van der Waals surface area contributed by atoms with Gasteiger partial charge in [-0.25, -0.2) is 4.79 Å². The van der Waals surface area contributed by atoms with Crippen molar-refractivity contribution in [2.24, 2.45) is 0 Å². The van der Waals surface area contributed by atoms with E-state index >= 15 is 0 Å². The van der Waals surface area contributed by atoms with Gasteiger partial charge in [0.15, 0.2) is 5.69 Å². The molecule has 0 aromatic carbocycles. The van der Waals surface area contributed by atoms with Crippen molar-refractivity contribution < 1.29 is 22.7 Å². The topological polar surface area (TPSA) is 39.2 Å². The molecule has 0 saturated carbocycles. The summed E-state index contributed by atoms with van der Waals surface area (Å²) in [5.74, 6) is -0.778. The summed E-state index contributed by atoms with van der Waals surface area (Å²) < 4.78 is 41.8. The van der Waals surface area contributed by atoms with Crippen molar-refractivity contribution in [2.75, 3.05) is 6.61 Å². The zero-order valence-corrected chi connectivity index (χ0v) is 10.3. The Bertz CT molecular complexity index is 406. The van der Waals surface area contributed by atoms with Gasteiger partial charge in [0.25, 0.3) is 0 Å². The molecule has 0 N–H and O–H groups in total. The minimum Gasteiger partial charge on any atom is -0.462 e. The Balaban J connectivity index is 3.19. The molecule has 16 heavy (non-hydrogen) atoms. The highest BCUT2D eigenvalue weighted by atomic mass is 127. The molecule has 0 aliphatic heterocycles. The Morgan fingerprint density at radius 3 is 2.69 bits per heavy atom. The number of carbonyl (C=O) groups is 1. The fourth-order valence-electron chi connectivity index (χ4n) is 1.01. The number of pyridine rings is 1. The summed E-state index contributed by atoms with van der Waals surface area (Å²) >= 11 is 1.44. The predicted octanol–water partition coefficient (Wildman–Crippen LogP) is 2.88. The second-order valence-electron chi connectivity index (χ2n) is 2.74. The van der Waals surface area contributed by atoms with Crippen LogP contribution in [0.3, 0.4) is 0 Å². The first kappa shape index (κ1) is 13.2. The number of esters is 1. The highest BCUT2D eigenvalue weighted by molar-refractivity contribution is 14.1. The Labute approximate surface area is 103 Å². The third kappa shape index (κ3) is 2.83. The third-order valence-electron chi connectivity index (χ3n) is 1.65. The summed E-state index contributed by atoms with van der Waals surface area (Å²) in [6.45, 7) is 1.69. The van der Waals surface area contributed by atoms with Crippen LogP contribution in [0.4, 0.5) is 13.2 Å². The Hall–Kier alpha value is -0.860. The zero-order valence-electron chi connectivity index (χ0n) is 8.14. The lowest BCUT2D eigenvalue weighted by molar-refractivity contribution is -0.141. The lowest BCUT2D eigenvalue weighted by Crippen LogP contribution is -2.15. The zero-order chi connectivity index (χ0) is 12.3. The molecule has 88 valence electrons. The molecule has 0 radical (unpaired) electrons. The van der Waals surface area contributed by atoms with Crippen molar-refractivity contribution in [3.63, 3.8) is 0 Å². The molecule has 0 fully saturated rings. The van der Waals surface area contributed by atoms with Crippen molar-refractivity contribution >= 4 is 28.6 Å². The molecule has 7 heteroatoms. The maximum Gasteiger partial charge on any atom is 0.434 e. The van der Waals surface area contributed by atoms with Crippen LogP contribution in [0.25, 0.3) is 0 Å². The fourth-order valence-corrected chi connectivity index (χ4v) is 1.85. The van der Waals surface area contributed by atoms with Gasteiger partial charge >= 0.3 is 12.1 Å². The van der Waals surface area contributed by atoms with Crippen LogP contribution in [0.5, 0.6) is 0 Å². The van der Waals surface area contributed by atoms with Gasteiger partial charge in [-0.05, 0) is 35.6 Å². The van der Waals surface area contributed by atoms with E-state index < -0.39 is 17.8 Å². The van der Waals surface area contributed by atoms with Gasteiger partial charge in [0, 0.05) is 6.20 Å². The smallest absolute Gasteiger partial charge is 0.434 e. The van der Waals surface area contributed by atoms with E-state index in [1.165, 1.54) is 28.7 Å². The van der Waals surface area contributed by atoms with Crippen LogP contribution in [-0.4, -0.2) is 17.6 Å². The van der Waals surface area contributed by atoms with Gasteiger partial charge in [-0.15, -0.1) is 0 Å². The SMILES string of the molecule is CCOC(=O)c1ccnc(C(F)(F)F)c1I. The van der Waals surface area contributed by atoms with E-state index in [2.05, 4.69) is 9.72 Å². The number of ether oxygens (including phenoxy) is 1. The summed E-state index contributed by atoms with van der Waals surface area (Å²) in [6, 6.07) is 1.20. The van der Waals surface area contributed by atoms with Gasteiger partial charge < -0.3 is 4.74 Å². The molecule has 0 aliphatic rings. The first-order valence-electron chi connectivity index (χ1n) is 4.26. The lowest BCUT2D eigenvalue weighted by Gasteiger charge is -2.10. The highest BCUT2D eigenvalue weighted by Gasteiger charge is 2.36. The quantitative estimate of drug-likeness (QED) is 0.611. The predicted molar refractivity (Wildman–Crippen MR) is 57.9 cm³/mol. The number of halogens is 4. The van der Waals surface area contributed by atoms with E-state index in [1.807, 2.05) is 0 Å². The highest BCUT2D eigenvalue weighted by Crippen LogP contribution is 2.32. The summed E-state index contributed by atoms with van der Waals surface area (Å²) in [4.78, 5) is 14.5. The molecular formula is C9H7F3INO2. The molecule has 3 nitrogen and oxygen atoms in total. The molecule has 1 rings (SSSR count). The van der Waals surface area contributed by atoms with Crippen LogP contribution in [0.2, 0.25) is 0 Å². The summed E-state index contributed by atoms with van der Waals surface area (Å²) in [5.41, 5.74) is -1.19. The van der Waals surface area contributed by atoms with Gasteiger partial charge in [-0.1, -0.05) is 0 Å².